The van der Waals surface area contributed by atoms with Gasteiger partial charge in [0.05, 0.1) is 45.3 Å². The summed E-state index contributed by atoms with van der Waals surface area (Å²) in [5, 5.41) is 0.492. The number of nitrogens with one attached hydrogen (secondary N) is 1. The van der Waals surface area contributed by atoms with Gasteiger partial charge in [0.25, 0.3) is 0 Å². The monoisotopic (exact) mass is 439 g/mol. The molecule has 0 atom stereocenters. The van der Waals surface area contributed by atoms with E-state index >= 15 is 0 Å². The molecule has 1 aliphatic rings. The third-order valence-corrected chi connectivity index (χ3v) is 7.16. The van der Waals surface area contributed by atoms with Crippen molar-refractivity contribution in [3.05, 3.63) is 53.1 Å². The number of piperazine rings is 1. The predicted octanol–water partition coefficient (Wildman–Crippen LogP) is 1.13. The maximum absolute atomic E-state index is 12.8. The molecule has 1 N–H and O–H groups in total. The van der Waals surface area contributed by atoms with Gasteiger partial charge >= 0.3 is 0 Å². The number of carbonyl (C=O) groups is 1. The minimum atomic E-state index is -3.55. The highest BCUT2D eigenvalue weighted by atomic mass is 35.5. The van der Waals surface area contributed by atoms with Crippen LogP contribution in [0.2, 0.25) is 5.02 Å². The van der Waals surface area contributed by atoms with Crippen LogP contribution in [0.25, 0.3) is 0 Å². The number of sulfonamides is 1. The highest BCUT2D eigenvalue weighted by Crippen LogP contribution is 2.27. The van der Waals surface area contributed by atoms with Gasteiger partial charge in [-0.25, -0.2) is 8.42 Å². The lowest BCUT2D eigenvalue weighted by atomic mass is 10.1. The van der Waals surface area contributed by atoms with E-state index in [0.717, 1.165) is 4.90 Å². The van der Waals surface area contributed by atoms with E-state index in [9.17, 15) is 13.2 Å². The van der Waals surface area contributed by atoms with Crippen molar-refractivity contribution >= 4 is 27.4 Å². The molecule has 29 heavy (non-hydrogen) atoms. The molecule has 0 radical (unpaired) electrons. The number of nitrogens with zero attached hydrogens (tertiary/aromatic N) is 1. The average molecular weight is 440 g/mol. The second kappa shape index (κ2) is 9.13. The van der Waals surface area contributed by atoms with Crippen LogP contribution in [0.15, 0.2) is 47.4 Å². The smallest absolute Gasteiger partial charge is 0.243 e. The quantitative estimate of drug-likeness (QED) is 0.654. The van der Waals surface area contributed by atoms with Crippen molar-refractivity contribution in [3.63, 3.8) is 0 Å². The van der Waals surface area contributed by atoms with E-state index < -0.39 is 10.0 Å². The minimum Gasteiger partial charge on any atom is -0.493 e. The van der Waals surface area contributed by atoms with Crippen molar-refractivity contribution in [2.24, 2.45) is 0 Å². The van der Waals surface area contributed by atoms with Crippen LogP contribution in [0.5, 0.6) is 11.5 Å². The number of quaternary nitrogens is 1. The molecule has 1 saturated heterocycles. The standard InChI is InChI=1S/C20H23ClN2O5S/c1-27-19-8-3-15(13-20(19)28-2)18(24)14-22-9-11-23(12-10-22)29(25,26)17-6-4-16(21)5-7-17/h3-8,13H,9-12,14H2,1-2H3/p+1. The first-order chi connectivity index (χ1) is 13.8. The van der Waals surface area contributed by atoms with Crippen molar-refractivity contribution in [1.82, 2.24) is 4.31 Å². The van der Waals surface area contributed by atoms with E-state index in [1.807, 2.05) is 0 Å². The Balaban J connectivity index is 1.61. The Morgan fingerprint density at radius 1 is 1.03 bits per heavy atom. The molecule has 0 amide bonds. The van der Waals surface area contributed by atoms with Crippen LogP contribution in [0.4, 0.5) is 0 Å². The summed E-state index contributed by atoms with van der Waals surface area (Å²) in [4.78, 5) is 13.9. The summed E-state index contributed by atoms with van der Waals surface area (Å²) in [6.45, 7) is 2.14. The molecule has 0 unspecified atom stereocenters. The molecule has 0 spiro atoms. The van der Waals surface area contributed by atoms with Gasteiger partial charge in [-0.2, -0.15) is 4.31 Å². The van der Waals surface area contributed by atoms with Gasteiger partial charge in [-0.05, 0) is 42.5 Å². The zero-order chi connectivity index (χ0) is 21.0. The molecule has 3 rings (SSSR count). The molecular weight excluding hydrogens is 416 g/mol. The first-order valence-electron chi connectivity index (χ1n) is 9.19. The Morgan fingerprint density at radius 3 is 2.24 bits per heavy atom. The van der Waals surface area contributed by atoms with Crippen LogP contribution in [-0.4, -0.2) is 65.4 Å². The summed E-state index contributed by atoms with van der Waals surface area (Å²) >= 11 is 5.84. The highest BCUT2D eigenvalue weighted by molar-refractivity contribution is 7.89. The van der Waals surface area contributed by atoms with E-state index in [0.29, 0.717) is 54.8 Å². The summed E-state index contributed by atoms with van der Waals surface area (Å²) in [7, 11) is -0.485. The lowest BCUT2D eigenvalue weighted by molar-refractivity contribution is -0.895. The van der Waals surface area contributed by atoms with E-state index in [4.69, 9.17) is 21.1 Å². The van der Waals surface area contributed by atoms with Crippen LogP contribution < -0.4 is 14.4 Å². The summed E-state index contributed by atoms with van der Waals surface area (Å²) in [5.41, 5.74) is 0.548. The minimum absolute atomic E-state index is 0.0186. The zero-order valence-electron chi connectivity index (χ0n) is 16.4. The number of hydrogen-bond acceptors (Lipinski definition) is 5. The Hall–Kier alpha value is -2.13. The Labute approximate surface area is 175 Å². The molecule has 1 aliphatic heterocycles. The summed E-state index contributed by atoms with van der Waals surface area (Å²) in [5.74, 6) is 1.06. The van der Waals surface area contributed by atoms with Gasteiger partial charge < -0.3 is 14.4 Å². The van der Waals surface area contributed by atoms with E-state index in [1.54, 1.807) is 37.4 Å². The van der Waals surface area contributed by atoms with Crippen LogP contribution >= 0.6 is 11.6 Å². The van der Waals surface area contributed by atoms with E-state index in [-0.39, 0.29) is 10.7 Å². The third kappa shape index (κ3) is 4.90. The van der Waals surface area contributed by atoms with Crippen molar-refractivity contribution in [2.75, 3.05) is 46.9 Å². The van der Waals surface area contributed by atoms with Gasteiger partial charge in [0.2, 0.25) is 15.8 Å². The van der Waals surface area contributed by atoms with E-state index in [2.05, 4.69) is 0 Å². The number of carbonyl (C=O) groups excluding carboxylic acids is 1. The molecule has 0 bridgehead atoms. The maximum Gasteiger partial charge on any atom is 0.243 e. The fourth-order valence-corrected chi connectivity index (χ4v) is 4.88. The number of ketones is 1. The zero-order valence-corrected chi connectivity index (χ0v) is 17.9. The molecule has 1 heterocycles. The van der Waals surface area contributed by atoms with Crippen LogP contribution in [0, 0.1) is 0 Å². The molecule has 7 nitrogen and oxygen atoms in total. The van der Waals surface area contributed by atoms with Gasteiger partial charge in [-0.3, -0.25) is 4.79 Å². The molecule has 9 heteroatoms. The molecule has 0 saturated carbocycles. The number of rotatable bonds is 7. The van der Waals surface area contributed by atoms with Gasteiger partial charge in [0.1, 0.15) is 6.54 Å². The summed E-state index contributed by atoms with van der Waals surface area (Å²) < 4.78 is 37.4. The van der Waals surface area contributed by atoms with Crippen LogP contribution in [0.1, 0.15) is 10.4 Å². The molecule has 2 aromatic rings. The van der Waals surface area contributed by atoms with Crippen molar-refractivity contribution in [3.8, 4) is 11.5 Å². The van der Waals surface area contributed by atoms with Gasteiger partial charge in [-0.15, -0.1) is 0 Å². The number of benzene rings is 2. The first kappa shape index (κ1) is 21.6. The Bertz CT molecular complexity index is 971. The number of hydrogen-bond donors (Lipinski definition) is 1. The SMILES string of the molecule is COc1ccc(C(=O)C[NH+]2CCN(S(=O)(=O)c3ccc(Cl)cc3)CC2)cc1OC. The Morgan fingerprint density at radius 2 is 1.66 bits per heavy atom. The highest BCUT2D eigenvalue weighted by Gasteiger charge is 2.31. The number of methoxy groups -OCH3 is 2. The summed E-state index contributed by atoms with van der Waals surface area (Å²) in [6, 6.07) is 11.2. The molecule has 2 aromatic carbocycles. The lowest BCUT2D eigenvalue weighted by Gasteiger charge is -2.31. The summed E-state index contributed by atoms with van der Waals surface area (Å²) in [6.07, 6.45) is 0. The fraction of sp³-hybridized carbons (Fsp3) is 0.350. The lowest BCUT2D eigenvalue weighted by Crippen LogP contribution is -3.15. The van der Waals surface area contributed by atoms with E-state index in [1.165, 1.54) is 23.5 Å². The molecular formula is C20H24ClN2O5S+. The Kier molecular flexibility index (Phi) is 6.79. The normalized spacial score (nSPS) is 15.8. The van der Waals surface area contributed by atoms with Crippen molar-refractivity contribution < 1.29 is 27.6 Å². The number of ether oxygens (including phenoxy) is 2. The van der Waals surface area contributed by atoms with Gasteiger partial charge in [-0.1, -0.05) is 11.6 Å². The number of Topliss-reactive ketones (excluding diaryl/α,β-unsaturated/α-hetero) is 1. The third-order valence-electron chi connectivity index (χ3n) is 5.00. The number of halogens is 1. The van der Waals surface area contributed by atoms with Crippen molar-refractivity contribution in [2.45, 2.75) is 4.90 Å². The second-order valence-corrected chi connectivity index (χ2v) is 9.15. The fourth-order valence-electron chi connectivity index (χ4n) is 3.31. The molecule has 156 valence electrons. The maximum atomic E-state index is 12.8. The van der Waals surface area contributed by atoms with Crippen molar-refractivity contribution in [1.29, 1.82) is 0 Å². The molecule has 0 aromatic heterocycles. The van der Waals surface area contributed by atoms with Gasteiger partial charge in [0, 0.05) is 10.6 Å². The predicted molar refractivity (Wildman–Crippen MR) is 110 cm³/mol. The largest absolute Gasteiger partial charge is 0.493 e. The average Bonchev–Trinajstić information content (AvgIpc) is 2.73. The molecule has 1 fully saturated rings. The second-order valence-electron chi connectivity index (χ2n) is 6.78. The van der Waals surface area contributed by atoms with Gasteiger partial charge in [0.15, 0.2) is 11.5 Å². The van der Waals surface area contributed by atoms with Crippen LogP contribution in [-0.2, 0) is 10.0 Å². The molecule has 0 aliphatic carbocycles. The topological polar surface area (TPSA) is 77.4 Å². The van der Waals surface area contributed by atoms with Crippen LogP contribution in [0.3, 0.4) is 0 Å². The first-order valence-corrected chi connectivity index (χ1v) is 11.0.